The van der Waals surface area contributed by atoms with Crippen LogP contribution in [0.4, 0.5) is 13.2 Å². The molecule has 8 heteroatoms. The minimum Gasteiger partial charge on any atom is -0.497 e. The summed E-state index contributed by atoms with van der Waals surface area (Å²) in [5.74, 6) is 0.890. The molecule has 2 aromatic carbocycles. The van der Waals surface area contributed by atoms with Crippen LogP contribution in [0.3, 0.4) is 0 Å². The van der Waals surface area contributed by atoms with E-state index in [1.54, 1.807) is 19.5 Å². The molecule has 3 aromatic rings. The van der Waals surface area contributed by atoms with Crippen LogP contribution in [0.25, 0.3) is 0 Å². The first-order chi connectivity index (χ1) is 14.7. The zero-order chi connectivity index (χ0) is 22.6. The zero-order valence-electron chi connectivity index (χ0n) is 17.5. The minimum absolute atomic E-state index is 0.127. The molecule has 2 atom stereocenters. The van der Waals surface area contributed by atoms with Crippen LogP contribution in [0.5, 0.6) is 5.75 Å². The Hall–Kier alpha value is -3.29. The van der Waals surface area contributed by atoms with Gasteiger partial charge in [0.15, 0.2) is 0 Å². The summed E-state index contributed by atoms with van der Waals surface area (Å²) < 4.78 is 45.3. The lowest BCUT2D eigenvalue weighted by Crippen LogP contribution is -2.31. The number of imidazole rings is 1. The Bertz CT molecular complexity index is 1010. The molecular formula is C23H24F3N3O2. The van der Waals surface area contributed by atoms with Crippen molar-refractivity contribution in [1.82, 2.24) is 14.9 Å². The first-order valence-corrected chi connectivity index (χ1v) is 9.76. The van der Waals surface area contributed by atoms with Gasteiger partial charge in [0.2, 0.25) is 5.91 Å². The average Bonchev–Trinajstić information content (AvgIpc) is 3.17. The number of benzene rings is 2. The first kappa shape index (κ1) is 22.4. The molecule has 3 rings (SSSR count). The number of aromatic nitrogens is 2. The SMILES string of the molecule is COc1ccc(C(NC(=O)CC(C)c2ccc(C(F)(F)F)cc2)c2nccn2C)cc1. The molecule has 1 amide bonds. The fourth-order valence-electron chi connectivity index (χ4n) is 3.37. The number of rotatable bonds is 7. The maximum atomic E-state index is 12.8. The van der Waals surface area contributed by atoms with Crippen molar-refractivity contribution in [2.24, 2.45) is 7.05 Å². The third kappa shape index (κ3) is 5.45. The van der Waals surface area contributed by atoms with Gasteiger partial charge in [0, 0.05) is 25.9 Å². The van der Waals surface area contributed by atoms with Gasteiger partial charge in [0.25, 0.3) is 0 Å². The normalized spacial score (nSPS) is 13.5. The fraction of sp³-hybridized carbons (Fsp3) is 0.304. The van der Waals surface area contributed by atoms with E-state index in [-0.39, 0.29) is 18.2 Å². The number of nitrogens with one attached hydrogen (secondary N) is 1. The summed E-state index contributed by atoms with van der Waals surface area (Å²) in [5.41, 5.74) is 0.800. The molecule has 0 aliphatic carbocycles. The van der Waals surface area contributed by atoms with Crippen molar-refractivity contribution in [1.29, 1.82) is 0 Å². The predicted molar refractivity (Wildman–Crippen MR) is 111 cm³/mol. The summed E-state index contributed by atoms with van der Waals surface area (Å²) >= 11 is 0. The number of amides is 1. The molecular weight excluding hydrogens is 407 g/mol. The molecule has 0 saturated heterocycles. The molecule has 164 valence electrons. The van der Waals surface area contributed by atoms with E-state index in [4.69, 9.17) is 4.74 Å². The smallest absolute Gasteiger partial charge is 0.416 e. The molecule has 2 unspecified atom stereocenters. The van der Waals surface area contributed by atoms with Crippen LogP contribution in [0.15, 0.2) is 60.9 Å². The number of carbonyl (C=O) groups excluding carboxylic acids is 1. The Morgan fingerprint density at radius 2 is 1.71 bits per heavy atom. The number of carbonyl (C=O) groups is 1. The second kappa shape index (κ2) is 9.24. The lowest BCUT2D eigenvalue weighted by Gasteiger charge is -2.21. The number of ether oxygens (including phenoxy) is 1. The van der Waals surface area contributed by atoms with E-state index in [1.165, 1.54) is 12.1 Å². The van der Waals surface area contributed by atoms with E-state index < -0.39 is 17.8 Å². The lowest BCUT2D eigenvalue weighted by molar-refractivity contribution is -0.137. The van der Waals surface area contributed by atoms with Crippen molar-refractivity contribution < 1.29 is 22.7 Å². The quantitative estimate of drug-likeness (QED) is 0.582. The van der Waals surface area contributed by atoms with E-state index >= 15 is 0 Å². The van der Waals surface area contributed by atoms with Crippen LogP contribution < -0.4 is 10.1 Å². The summed E-state index contributed by atoms with van der Waals surface area (Å²) in [4.78, 5) is 17.2. The van der Waals surface area contributed by atoms with E-state index in [9.17, 15) is 18.0 Å². The Kier molecular flexibility index (Phi) is 6.68. The summed E-state index contributed by atoms with van der Waals surface area (Å²) in [7, 11) is 3.42. The van der Waals surface area contributed by atoms with Gasteiger partial charge in [-0.25, -0.2) is 4.98 Å². The van der Waals surface area contributed by atoms with Crippen molar-refractivity contribution in [2.75, 3.05) is 7.11 Å². The highest BCUT2D eigenvalue weighted by molar-refractivity contribution is 5.77. The second-order valence-electron chi connectivity index (χ2n) is 7.39. The molecule has 0 saturated carbocycles. The van der Waals surface area contributed by atoms with Crippen LogP contribution in [-0.2, 0) is 18.0 Å². The molecule has 1 heterocycles. The highest BCUT2D eigenvalue weighted by Crippen LogP contribution is 2.31. The second-order valence-corrected chi connectivity index (χ2v) is 7.39. The van der Waals surface area contributed by atoms with E-state index in [0.717, 1.165) is 17.7 Å². The minimum atomic E-state index is -4.38. The van der Waals surface area contributed by atoms with Gasteiger partial charge in [-0.15, -0.1) is 0 Å². The topological polar surface area (TPSA) is 56.1 Å². The molecule has 0 fully saturated rings. The molecule has 0 radical (unpaired) electrons. The fourth-order valence-corrected chi connectivity index (χ4v) is 3.37. The number of nitrogens with zero attached hydrogens (tertiary/aromatic N) is 2. The van der Waals surface area contributed by atoms with Crippen LogP contribution >= 0.6 is 0 Å². The van der Waals surface area contributed by atoms with Crippen molar-refractivity contribution in [3.05, 3.63) is 83.4 Å². The van der Waals surface area contributed by atoms with Crippen molar-refractivity contribution in [3.8, 4) is 5.75 Å². The van der Waals surface area contributed by atoms with Gasteiger partial charge in [-0.2, -0.15) is 13.2 Å². The molecule has 1 aromatic heterocycles. The number of aryl methyl sites for hydroxylation is 1. The standard InChI is InChI=1S/C23H24F3N3O2/c1-15(16-4-8-18(9-5-16)23(24,25)26)14-20(30)28-21(22-27-12-13-29(22)2)17-6-10-19(31-3)11-7-17/h4-13,15,21H,14H2,1-3H3,(H,28,30). The molecule has 0 spiro atoms. The molecule has 0 aliphatic heterocycles. The van der Waals surface area contributed by atoms with Gasteiger partial charge < -0.3 is 14.6 Å². The third-order valence-electron chi connectivity index (χ3n) is 5.17. The van der Waals surface area contributed by atoms with Gasteiger partial charge in [-0.1, -0.05) is 31.2 Å². The maximum absolute atomic E-state index is 12.8. The highest BCUT2D eigenvalue weighted by atomic mass is 19.4. The summed E-state index contributed by atoms with van der Waals surface area (Å²) in [6, 6.07) is 11.8. The molecule has 5 nitrogen and oxygen atoms in total. The molecule has 31 heavy (non-hydrogen) atoms. The number of hydrogen-bond donors (Lipinski definition) is 1. The van der Waals surface area contributed by atoms with E-state index in [2.05, 4.69) is 10.3 Å². The lowest BCUT2D eigenvalue weighted by atomic mass is 9.96. The van der Waals surface area contributed by atoms with Gasteiger partial charge in [0.05, 0.1) is 12.7 Å². The monoisotopic (exact) mass is 431 g/mol. The Labute approximate surface area is 178 Å². The number of hydrogen-bond acceptors (Lipinski definition) is 3. The largest absolute Gasteiger partial charge is 0.497 e. The van der Waals surface area contributed by atoms with Crippen LogP contribution in [0.2, 0.25) is 0 Å². The summed E-state index contributed by atoms with van der Waals surface area (Å²) in [6.45, 7) is 1.81. The van der Waals surface area contributed by atoms with E-state index in [1.807, 2.05) is 42.8 Å². The van der Waals surface area contributed by atoms with Crippen molar-refractivity contribution in [2.45, 2.75) is 31.5 Å². The van der Waals surface area contributed by atoms with Gasteiger partial charge in [0.1, 0.15) is 17.6 Å². The molecule has 0 bridgehead atoms. The molecule has 1 N–H and O–H groups in total. The average molecular weight is 431 g/mol. The number of alkyl halides is 3. The van der Waals surface area contributed by atoms with Gasteiger partial charge in [-0.05, 0) is 41.3 Å². The first-order valence-electron chi connectivity index (χ1n) is 9.76. The zero-order valence-corrected chi connectivity index (χ0v) is 17.5. The van der Waals surface area contributed by atoms with E-state index in [0.29, 0.717) is 17.1 Å². The summed E-state index contributed by atoms with van der Waals surface area (Å²) in [6.07, 6.45) is -0.805. The Balaban J connectivity index is 1.75. The maximum Gasteiger partial charge on any atom is 0.416 e. The van der Waals surface area contributed by atoms with Gasteiger partial charge >= 0.3 is 6.18 Å². The van der Waals surface area contributed by atoms with Crippen LogP contribution in [0.1, 0.15) is 47.8 Å². The van der Waals surface area contributed by atoms with Crippen LogP contribution in [-0.4, -0.2) is 22.6 Å². The molecule has 0 aliphatic rings. The van der Waals surface area contributed by atoms with Crippen molar-refractivity contribution >= 4 is 5.91 Å². The number of halogens is 3. The third-order valence-corrected chi connectivity index (χ3v) is 5.17. The Morgan fingerprint density at radius 1 is 1.10 bits per heavy atom. The highest BCUT2D eigenvalue weighted by Gasteiger charge is 2.30. The predicted octanol–water partition coefficient (Wildman–Crippen LogP) is 4.85. The van der Waals surface area contributed by atoms with Gasteiger partial charge in [-0.3, -0.25) is 4.79 Å². The summed E-state index contributed by atoms with van der Waals surface area (Å²) in [5, 5.41) is 3.01. The Morgan fingerprint density at radius 3 is 2.23 bits per heavy atom. The van der Waals surface area contributed by atoms with Crippen LogP contribution in [0, 0.1) is 0 Å². The van der Waals surface area contributed by atoms with Crippen molar-refractivity contribution in [3.63, 3.8) is 0 Å². The number of methoxy groups -OCH3 is 1.